The normalized spacial score (nSPS) is 22.4. The minimum atomic E-state index is -0.0294. The highest BCUT2D eigenvalue weighted by atomic mass is 16.7. The topological polar surface area (TPSA) is 54.0 Å². The second-order valence-corrected chi connectivity index (χ2v) is 6.96. The first-order chi connectivity index (χ1) is 11.7. The standard InChI is InChI=1S/C18H25N3O3/c1-13(18(22)19-15-3-4-15)21-8-6-20(7-9-21)11-14-2-5-16-17(10-14)24-12-23-16/h2,5,10,13,15H,3-4,6-9,11-12H2,1H3,(H,19,22)/t13-/m1/s1. The lowest BCUT2D eigenvalue weighted by Crippen LogP contribution is -2.53. The van der Waals surface area contributed by atoms with Crippen molar-refractivity contribution in [1.82, 2.24) is 15.1 Å². The van der Waals surface area contributed by atoms with Gasteiger partial charge in [0, 0.05) is 38.8 Å². The number of nitrogens with one attached hydrogen (secondary N) is 1. The zero-order valence-corrected chi connectivity index (χ0v) is 14.2. The minimum absolute atomic E-state index is 0.0294. The largest absolute Gasteiger partial charge is 0.454 e. The van der Waals surface area contributed by atoms with Crippen LogP contribution in [0.15, 0.2) is 18.2 Å². The predicted octanol–water partition coefficient (Wildman–Crippen LogP) is 1.20. The van der Waals surface area contributed by atoms with Gasteiger partial charge in [0.1, 0.15) is 0 Å². The Morgan fingerprint density at radius 1 is 1.21 bits per heavy atom. The first-order valence-corrected chi connectivity index (χ1v) is 8.84. The Balaban J connectivity index is 1.27. The van der Waals surface area contributed by atoms with Gasteiger partial charge < -0.3 is 14.8 Å². The lowest BCUT2D eigenvalue weighted by Gasteiger charge is -2.37. The van der Waals surface area contributed by atoms with Gasteiger partial charge in [-0.3, -0.25) is 14.6 Å². The van der Waals surface area contributed by atoms with Crippen LogP contribution in [-0.2, 0) is 11.3 Å². The van der Waals surface area contributed by atoms with E-state index in [1.165, 1.54) is 5.56 Å². The third-order valence-corrected chi connectivity index (χ3v) is 5.10. The highest BCUT2D eigenvalue weighted by molar-refractivity contribution is 5.81. The molecule has 2 aliphatic heterocycles. The van der Waals surface area contributed by atoms with Gasteiger partial charge in [-0.15, -0.1) is 0 Å². The number of amides is 1. The van der Waals surface area contributed by atoms with E-state index >= 15 is 0 Å². The van der Waals surface area contributed by atoms with Gasteiger partial charge in [0.05, 0.1) is 6.04 Å². The van der Waals surface area contributed by atoms with Crippen LogP contribution in [0.1, 0.15) is 25.3 Å². The number of hydrogen-bond donors (Lipinski definition) is 1. The van der Waals surface area contributed by atoms with Crippen LogP contribution >= 0.6 is 0 Å². The minimum Gasteiger partial charge on any atom is -0.454 e. The third kappa shape index (κ3) is 3.49. The van der Waals surface area contributed by atoms with E-state index in [-0.39, 0.29) is 11.9 Å². The van der Waals surface area contributed by atoms with Crippen molar-refractivity contribution in [2.24, 2.45) is 0 Å². The SMILES string of the molecule is C[C@H](C(=O)NC1CC1)N1CCN(Cc2ccc3c(c2)OCO3)CC1. The fraction of sp³-hybridized carbons (Fsp3) is 0.611. The molecule has 4 rings (SSSR count). The molecule has 1 aliphatic carbocycles. The van der Waals surface area contributed by atoms with Crippen molar-refractivity contribution in [3.63, 3.8) is 0 Å². The molecule has 0 bridgehead atoms. The molecule has 2 fully saturated rings. The monoisotopic (exact) mass is 331 g/mol. The molecule has 6 heteroatoms. The zero-order valence-electron chi connectivity index (χ0n) is 14.2. The number of hydrogen-bond acceptors (Lipinski definition) is 5. The summed E-state index contributed by atoms with van der Waals surface area (Å²) < 4.78 is 10.8. The van der Waals surface area contributed by atoms with E-state index in [4.69, 9.17) is 9.47 Å². The summed E-state index contributed by atoms with van der Waals surface area (Å²) in [5, 5.41) is 3.11. The van der Waals surface area contributed by atoms with E-state index in [0.717, 1.165) is 57.1 Å². The Labute approximate surface area is 142 Å². The molecular weight excluding hydrogens is 306 g/mol. The Kier molecular flexibility index (Phi) is 4.33. The van der Waals surface area contributed by atoms with E-state index in [2.05, 4.69) is 27.2 Å². The Hall–Kier alpha value is -1.79. The number of piperazine rings is 1. The summed E-state index contributed by atoms with van der Waals surface area (Å²) in [6.07, 6.45) is 2.28. The molecule has 1 atom stereocenters. The maximum absolute atomic E-state index is 12.2. The summed E-state index contributed by atoms with van der Waals surface area (Å²) in [6, 6.07) is 6.56. The molecule has 1 aromatic rings. The predicted molar refractivity (Wildman–Crippen MR) is 90.0 cm³/mol. The molecule has 0 aromatic heterocycles. The van der Waals surface area contributed by atoms with Gasteiger partial charge in [-0.25, -0.2) is 0 Å². The van der Waals surface area contributed by atoms with Crippen molar-refractivity contribution in [3.05, 3.63) is 23.8 Å². The number of fused-ring (bicyclic) bond motifs is 1. The third-order valence-electron chi connectivity index (χ3n) is 5.10. The molecule has 0 unspecified atom stereocenters. The summed E-state index contributed by atoms with van der Waals surface area (Å²) in [5.74, 6) is 1.86. The molecule has 1 amide bonds. The molecule has 1 aromatic carbocycles. The Morgan fingerprint density at radius 3 is 2.71 bits per heavy atom. The summed E-state index contributed by atoms with van der Waals surface area (Å²) in [7, 11) is 0. The highest BCUT2D eigenvalue weighted by Gasteiger charge is 2.30. The van der Waals surface area contributed by atoms with Crippen LogP contribution in [0.2, 0.25) is 0 Å². The van der Waals surface area contributed by atoms with Crippen molar-refractivity contribution < 1.29 is 14.3 Å². The van der Waals surface area contributed by atoms with Crippen LogP contribution < -0.4 is 14.8 Å². The molecule has 24 heavy (non-hydrogen) atoms. The molecule has 1 saturated heterocycles. The quantitative estimate of drug-likeness (QED) is 0.879. The Morgan fingerprint density at radius 2 is 1.96 bits per heavy atom. The first-order valence-electron chi connectivity index (χ1n) is 8.84. The fourth-order valence-electron chi connectivity index (χ4n) is 3.32. The Bertz CT molecular complexity index is 610. The molecule has 0 spiro atoms. The number of carbonyl (C=O) groups excluding carboxylic acids is 1. The summed E-state index contributed by atoms with van der Waals surface area (Å²) in [4.78, 5) is 16.9. The van der Waals surface area contributed by atoms with Crippen molar-refractivity contribution in [2.45, 2.75) is 38.4 Å². The van der Waals surface area contributed by atoms with Gasteiger partial charge in [0.15, 0.2) is 11.5 Å². The van der Waals surface area contributed by atoms with Gasteiger partial charge in [-0.2, -0.15) is 0 Å². The molecule has 130 valence electrons. The average molecular weight is 331 g/mol. The molecule has 6 nitrogen and oxygen atoms in total. The average Bonchev–Trinajstić information content (AvgIpc) is 3.29. The van der Waals surface area contributed by atoms with Crippen molar-refractivity contribution in [3.8, 4) is 11.5 Å². The molecule has 3 aliphatic rings. The van der Waals surface area contributed by atoms with E-state index < -0.39 is 0 Å². The van der Waals surface area contributed by atoms with Gasteiger partial charge in [0.2, 0.25) is 12.7 Å². The van der Waals surface area contributed by atoms with Gasteiger partial charge in [0.25, 0.3) is 0 Å². The summed E-state index contributed by atoms with van der Waals surface area (Å²) >= 11 is 0. The lowest BCUT2D eigenvalue weighted by molar-refractivity contribution is -0.126. The first kappa shape index (κ1) is 15.7. The van der Waals surface area contributed by atoms with Gasteiger partial charge >= 0.3 is 0 Å². The van der Waals surface area contributed by atoms with E-state index in [1.807, 2.05) is 13.0 Å². The maximum Gasteiger partial charge on any atom is 0.237 e. The van der Waals surface area contributed by atoms with E-state index in [9.17, 15) is 4.79 Å². The van der Waals surface area contributed by atoms with Crippen molar-refractivity contribution in [1.29, 1.82) is 0 Å². The van der Waals surface area contributed by atoms with Crippen molar-refractivity contribution in [2.75, 3.05) is 33.0 Å². The van der Waals surface area contributed by atoms with Crippen LogP contribution in [0.5, 0.6) is 11.5 Å². The van der Waals surface area contributed by atoms with Crippen LogP contribution in [0.25, 0.3) is 0 Å². The van der Waals surface area contributed by atoms with Gasteiger partial charge in [-0.1, -0.05) is 6.07 Å². The number of nitrogens with zero attached hydrogens (tertiary/aromatic N) is 2. The number of ether oxygens (including phenoxy) is 2. The summed E-state index contributed by atoms with van der Waals surface area (Å²) in [6.45, 7) is 7.08. The highest BCUT2D eigenvalue weighted by Crippen LogP contribution is 2.32. The molecule has 1 saturated carbocycles. The van der Waals surface area contributed by atoms with Crippen molar-refractivity contribution >= 4 is 5.91 Å². The maximum atomic E-state index is 12.2. The fourth-order valence-corrected chi connectivity index (χ4v) is 3.32. The summed E-state index contributed by atoms with van der Waals surface area (Å²) in [5.41, 5.74) is 1.24. The van der Waals surface area contributed by atoms with Crippen LogP contribution in [0.4, 0.5) is 0 Å². The second kappa shape index (κ2) is 6.61. The number of rotatable bonds is 5. The number of benzene rings is 1. The van der Waals surface area contributed by atoms with E-state index in [1.54, 1.807) is 0 Å². The van der Waals surface area contributed by atoms with Gasteiger partial charge in [-0.05, 0) is 37.5 Å². The molecule has 0 radical (unpaired) electrons. The smallest absolute Gasteiger partial charge is 0.237 e. The lowest BCUT2D eigenvalue weighted by atomic mass is 10.1. The molecule has 2 heterocycles. The number of carbonyl (C=O) groups is 1. The second-order valence-electron chi connectivity index (χ2n) is 6.96. The molecule has 1 N–H and O–H groups in total. The molecular formula is C18H25N3O3. The zero-order chi connectivity index (χ0) is 16.5. The van der Waals surface area contributed by atoms with Crippen LogP contribution in [0, 0.1) is 0 Å². The van der Waals surface area contributed by atoms with Crippen LogP contribution in [0.3, 0.4) is 0 Å². The van der Waals surface area contributed by atoms with Crippen LogP contribution in [-0.4, -0.2) is 60.8 Å². The van der Waals surface area contributed by atoms with E-state index in [0.29, 0.717) is 12.8 Å².